The van der Waals surface area contributed by atoms with Crippen LogP contribution in [-0.2, 0) is 14.6 Å². The third-order valence-corrected chi connectivity index (χ3v) is 8.50. The summed E-state index contributed by atoms with van der Waals surface area (Å²) in [5.74, 6) is -0.174. The first kappa shape index (κ1) is 26.0. The molecule has 0 aromatic heterocycles. The third kappa shape index (κ3) is 7.68. The molecule has 1 aliphatic carbocycles. The van der Waals surface area contributed by atoms with Gasteiger partial charge in [-0.1, -0.05) is 0 Å². The molecule has 0 heterocycles. The smallest absolute Gasteiger partial charge is 0.407 e. The van der Waals surface area contributed by atoms with Crippen LogP contribution >= 0.6 is 11.8 Å². The molecule has 3 atom stereocenters. The number of thioether (sulfide) groups is 1. The van der Waals surface area contributed by atoms with E-state index in [-0.39, 0.29) is 23.8 Å². The predicted octanol–water partition coefficient (Wildman–Crippen LogP) is 4.58. The number of nitrogens with zero attached hydrogens (tertiary/aromatic N) is 1. The van der Waals surface area contributed by atoms with Gasteiger partial charge in [-0.05, 0) is 97.4 Å². The summed E-state index contributed by atoms with van der Waals surface area (Å²) >= 11 is 1.58. The lowest BCUT2D eigenvalue weighted by Crippen LogP contribution is -2.51. The number of carbonyl (C=O) groups is 1. The lowest BCUT2D eigenvalue weighted by molar-refractivity contribution is 0.0438. The summed E-state index contributed by atoms with van der Waals surface area (Å²) in [4.78, 5) is 16.1. The van der Waals surface area contributed by atoms with Gasteiger partial charge in [0.25, 0.3) is 0 Å². The Morgan fingerprint density at radius 3 is 2.35 bits per heavy atom. The second-order valence-electron chi connectivity index (χ2n) is 9.70. The fraction of sp³-hybridized carbons (Fsp3) is 0.696. The zero-order chi connectivity index (χ0) is 23.4. The van der Waals surface area contributed by atoms with Crippen LogP contribution in [-0.4, -0.2) is 62.2 Å². The van der Waals surface area contributed by atoms with Crippen molar-refractivity contribution >= 4 is 27.7 Å². The number of benzene rings is 1. The van der Waals surface area contributed by atoms with Crippen LogP contribution in [0.3, 0.4) is 0 Å². The fourth-order valence-corrected chi connectivity index (χ4v) is 6.11. The first-order valence-corrected chi connectivity index (χ1v) is 13.8. The van der Waals surface area contributed by atoms with Gasteiger partial charge in [0, 0.05) is 23.0 Å². The van der Waals surface area contributed by atoms with E-state index < -0.39 is 21.5 Å². The summed E-state index contributed by atoms with van der Waals surface area (Å²) in [7, 11) is -1.39. The van der Waals surface area contributed by atoms with Crippen LogP contribution in [0.1, 0.15) is 53.9 Å². The van der Waals surface area contributed by atoms with Crippen LogP contribution < -0.4 is 5.32 Å². The highest BCUT2D eigenvalue weighted by molar-refractivity contribution is 7.98. The van der Waals surface area contributed by atoms with Crippen molar-refractivity contribution in [2.24, 2.45) is 5.92 Å². The number of nitrogens with one attached hydrogen (secondary N) is 1. The number of carbonyl (C=O) groups excluding carboxylic acids is 1. The number of rotatable bonds is 7. The Morgan fingerprint density at radius 2 is 1.84 bits per heavy atom. The molecule has 1 fully saturated rings. The van der Waals surface area contributed by atoms with Crippen molar-refractivity contribution in [1.82, 2.24) is 10.2 Å². The average Bonchev–Trinajstić information content (AvgIpc) is 2.67. The molecule has 0 spiro atoms. The average molecular weight is 471 g/mol. The lowest BCUT2D eigenvalue weighted by atomic mass is 9.81. The maximum absolute atomic E-state index is 13.2. The zero-order valence-corrected chi connectivity index (χ0v) is 21.5. The Balaban J connectivity index is 2.22. The molecule has 1 aromatic carbocycles. The predicted molar refractivity (Wildman–Crippen MR) is 127 cm³/mol. The van der Waals surface area contributed by atoms with Gasteiger partial charge >= 0.3 is 6.09 Å². The number of alkyl carbamates (subject to hydrolysis) is 1. The number of sulfone groups is 1. The minimum atomic E-state index is -3.48. The molecule has 1 amide bonds. The van der Waals surface area contributed by atoms with E-state index >= 15 is 0 Å². The summed E-state index contributed by atoms with van der Waals surface area (Å²) in [5, 5.41) is 2.96. The van der Waals surface area contributed by atoms with Crippen molar-refractivity contribution in [3.05, 3.63) is 24.3 Å². The lowest BCUT2D eigenvalue weighted by Gasteiger charge is -2.41. The van der Waals surface area contributed by atoms with E-state index in [0.717, 1.165) is 24.2 Å². The molecule has 2 rings (SSSR count). The molecule has 6 nitrogen and oxygen atoms in total. The van der Waals surface area contributed by atoms with E-state index in [0.29, 0.717) is 10.9 Å². The topological polar surface area (TPSA) is 75.7 Å². The van der Waals surface area contributed by atoms with Crippen LogP contribution in [0.15, 0.2) is 34.1 Å². The molecule has 1 aliphatic rings. The first-order valence-electron chi connectivity index (χ1n) is 10.9. The van der Waals surface area contributed by atoms with Crippen molar-refractivity contribution in [3.8, 4) is 0 Å². The van der Waals surface area contributed by atoms with E-state index in [1.807, 2.05) is 39.2 Å². The Morgan fingerprint density at radius 1 is 1.23 bits per heavy atom. The van der Waals surface area contributed by atoms with Crippen LogP contribution in [0.5, 0.6) is 0 Å². The maximum atomic E-state index is 13.2. The van der Waals surface area contributed by atoms with Gasteiger partial charge in [0.05, 0.1) is 10.6 Å². The quantitative estimate of drug-likeness (QED) is 0.588. The van der Waals surface area contributed by atoms with Gasteiger partial charge in [-0.15, -0.1) is 11.8 Å². The van der Waals surface area contributed by atoms with Gasteiger partial charge < -0.3 is 15.0 Å². The molecule has 0 saturated heterocycles. The van der Waals surface area contributed by atoms with Crippen LogP contribution in [0.2, 0.25) is 0 Å². The Bertz CT molecular complexity index is 832. The van der Waals surface area contributed by atoms with Gasteiger partial charge in [-0.3, -0.25) is 0 Å². The molecule has 1 N–H and O–H groups in total. The summed E-state index contributed by atoms with van der Waals surface area (Å²) in [6.45, 7) is 9.75. The van der Waals surface area contributed by atoms with Crippen molar-refractivity contribution in [2.75, 3.05) is 19.1 Å². The minimum Gasteiger partial charge on any atom is -0.444 e. The Kier molecular flexibility index (Phi) is 8.87. The van der Waals surface area contributed by atoms with Crippen molar-refractivity contribution in [3.63, 3.8) is 0 Å². The van der Waals surface area contributed by atoms with E-state index in [4.69, 9.17) is 4.74 Å². The van der Waals surface area contributed by atoms with Gasteiger partial charge in [0.15, 0.2) is 9.84 Å². The van der Waals surface area contributed by atoms with Gasteiger partial charge in [-0.2, -0.15) is 0 Å². The Hall–Kier alpha value is -1.25. The highest BCUT2D eigenvalue weighted by Gasteiger charge is 2.37. The molecule has 2 unspecified atom stereocenters. The van der Waals surface area contributed by atoms with Gasteiger partial charge in [0.2, 0.25) is 0 Å². The minimum absolute atomic E-state index is 0.00845. The summed E-state index contributed by atoms with van der Waals surface area (Å²) in [6.07, 6.45) is 3.83. The fourth-order valence-electron chi connectivity index (χ4n) is 4.03. The number of ether oxygens (including phenoxy) is 1. The van der Waals surface area contributed by atoms with E-state index in [1.165, 1.54) is 0 Å². The van der Waals surface area contributed by atoms with Crippen molar-refractivity contribution in [1.29, 1.82) is 0 Å². The molecule has 0 bridgehead atoms. The monoisotopic (exact) mass is 470 g/mol. The Labute approximate surface area is 192 Å². The van der Waals surface area contributed by atoms with Gasteiger partial charge in [-0.25, -0.2) is 13.2 Å². The standard InChI is InChI=1S/C23H38N2O4S2/c1-16(2)25(6)18-8-13-21(24-22(26)29-23(3,4)5)17(14-18)15-31(27,28)20-11-9-19(30-7)10-12-20/h9-12,16-18,21H,8,13-15H2,1-7H3,(H,24,26)/t17?,18-,21?/m1/s1. The van der Waals surface area contributed by atoms with E-state index in [2.05, 4.69) is 31.1 Å². The number of amides is 1. The highest BCUT2D eigenvalue weighted by atomic mass is 32.2. The molecule has 1 aromatic rings. The van der Waals surface area contributed by atoms with Crippen molar-refractivity contribution < 1.29 is 17.9 Å². The highest BCUT2D eigenvalue weighted by Crippen LogP contribution is 2.32. The van der Waals surface area contributed by atoms with Crippen LogP contribution in [0.4, 0.5) is 4.79 Å². The van der Waals surface area contributed by atoms with Gasteiger partial charge in [0.1, 0.15) is 5.60 Å². The second kappa shape index (κ2) is 10.6. The summed E-state index contributed by atoms with van der Waals surface area (Å²) in [6, 6.07) is 7.46. The van der Waals surface area contributed by atoms with Crippen molar-refractivity contribution in [2.45, 2.75) is 87.4 Å². The number of hydrogen-bond acceptors (Lipinski definition) is 6. The summed E-state index contributed by atoms with van der Waals surface area (Å²) in [5.41, 5.74) is -0.597. The third-order valence-electron chi connectivity index (χ3n) is 5.90. The van der Waals surface area contributed by atoms with E-state index in [9.17, 15) is 13.2 Å². The van der Waals surface area contributed by atoms with E-state index in [1.54, 1.807) is 23.9 Å². The summed E-state index contributed by atoms with van der Waals surface area (Å²) < 4.78 is 31.8. The van der Waals surface area contributed by atoms with Crippen LogP contribution in [0, 0.1) is 5.92 Å². The SMILES string of the molecule is CSc1ccc(S(=O)(=O)CC2C[C@H](N(C)C(C)C)CCC2NC(=O)OC(C)(C)C)cc1. The second-order valence-corrected chi connectivity index (χ2v) is 12.6. The zero-order valence-electron chi connectivity index (χ0n) is 19.8. The first-order chi connectivity index (χ1) is 14.3. The number of hydrogen-bond donors (Lipinski definition) is 1. The molecular formula is C23H38N2O4S2. The molecular weight excluding hydrogens is 432 g/mol. The molecule has 31 heavy (non-hydrogen) atoms. The normalized spacial score (nSPS) is 22.5. The molecule has 8 heteroatoms. The largest absolute Gasteiger partial charge is 0.444 e. The molecule has 1 saturated carbocycles. The maximum Gasteiger partial charge on any atom is 0.407 e. The molecule has 0 aliphatic heterocycles. The van der Waals surface area contributed by atoms with Crippen LogP contribution in [0.25, 0.3) is 0 Å². The molecule has 176 valence electrons. The molecule has 0 radical (unpaired) electrons.